The minimum absolute atomic E-state index is 0.476. The lowest BCUT2D eigenvalue weighted by Gasteiger charge is -2.45. The average Bonchev–Trinajstić information content (AvgIpc) is 2.76. The van der Waals surface area contributed by atoms with Gasteiger partial charge in [-0.3, -0.25) is 4.79 Å². The third-order valence-corrected chi connectivity index (χ3v) is 5.90. The van der Waals surface area contributed by atoms with Crippen LogP contribution >= 0.6 is 11.8 Å². The van der Waals surface area contributed by atoms with E-state index in [1.807, 2.05) is 0 Å². The SMILES string of the molecule is CC(=O)SCCC(F)(F)C(F)(F)C(F)(F)C(F)(F)C(F)(F)C(F)(F)C(F)(F)C(F)(F)C(F)(F)C(F)(F)C(F)(F)C(F)(F)F. The van der Waals surface area contributed by atoms with Crippen LogP contribution in [0.25, 0.3) is 0 Å². The van der Waals surface area contributed by atoms with Gasteiger partial charge in [-0.15, -0.1) is 0 Å². The molecule has 0 fully saturated rings. The Morgan fingerprint density at radius 2 is 0.605 bits per heavy atom. The van der Waals surface area contributed by atoms with E-state index in [0.717, 1.165) is 0 Å². The lowest BCUT2D eigenvalue weighted by Crippen LogP contribution is -2.78. The first-order chi connectivity index (χ1) is 18.2. The lowest BCUT2D eigenvalue weighted by atomic mass is 9.84. The Hall–Kier alpha value is -1.73. The lowest BCUT2D eigenvalue weighted by molar-refractivity contribution is -0.482. The van der Waals surface area contributed by atoms with Crippen LogP contribution in [0.1, 0.15) is 13.3 Å². The van der Waals surface area contributed by atoms with Gasteiger partial charge < -0.3 is 0 Å². The highest BCUT2D eigenvalue weighted by Crippen LogP contribution is 2.67. The summed E-state index contributed by atoms with van der Waals surface area (Å²) in [5.74, 6) is -100. The second-order valence-corrected chi connectivity index (χ2v) is 9.31. The zero-order valence-electron chi connectivity index (χ0n) is 19.2. The molecule has 0 unspecified atom stereocenters. The fourth-order valence-electron chi connectivity index (χ4n) is 2.46. The van der Waals surface area contributed by atoms with Gasteiger partial charge in [0.1, 0.15) is 0 Å². The number of rotatable bonds is 13. The molecule has 0 amide bonds. The zero-order chi connectivity index (χ0) is 35.7. The molecule has 0 heterocycles. The van der Waals surface area contributed by atoms with E-state index in [-0.39, 0.29) is 0 Å². The summed E-state index contributed by atoms with van der Waals surface area (Å²) in [6.07, 6.45) is -11.1. The van der Waals surface area contributed by atoms with Crippen molar-refractivity contribution < 1.29 is 115 Å². The fraction of sp³-hybridized carbons (Fsp3) is 0.938. The van der Waals surface area contributed by atoms with Crippen molar-refractivity contribution in [2.45, 2.75) is 84.7 Å². The molecule has 0 aliphatic heterocycles. The second-order valence-electron chi connectivity index (χ2n) is 8.04. The van der Waals surface area contributed by atoms with Gasteiger partial charge in [0.25, 0.3) is 0 Å². The van der Waals surface area contributed by atoms with Gasteiger partial charge in [-0.25, -0.2) is 0 Å². The highest BCUT2D eigenvalue weighted by Gasteiger charge is 2.99. The molecule has 0 atom stereocenters. The Kier molecular flexibility index (Phi) is 10.2. The van der Waals surface area contributed by atoms with Gasteiger partial charge in [0.05, 0.1) is 0 Å². The van der Waals surface area contributed by atoms with Gasteiger partial charge in [-0.1, -0.05) is 11.8 Å². The van der Waals surface area contributed by atoms with Gasteiger partial charge in [0.2, 0.25) is 0 Å². The molecular formula is C16H7F25OS. The van der Waals surface area contributed by atoms with Crippen molar-refractivity contribution in [2.24, 2.45) is 0 Å². The molecule has 0 radical (unpaired) electrons. The maximum Gasteiger partial charge on any atom is 0.460 e. The first kappa shape index (κ1) is 41.3. The summed E-state index contributed by atoms with van der Waals surface area (Å²) in [6.45, 7) is 0.478. The number of halogens is 25. The van der Waals surface area contributed by atoms with E-state index < -0.39 is 100 Å². The van der Waals surface area contributed by atoms with Crippen molar-refractivity contribution in [1.82, 2.24) is 0 Å². The van der Waals surface area contributed by atoms with Crippen molar-refractivity contribution in [1.29, 1.82) is 0 Å². The summed E-state index contributed by atoms with van der Waals surface area (Å²) in [7, 11) is 0. The predicted octanol–water partition coefficient (Wildman–Crippen LogP) is 9.21. The first-order valence-corrected chi connectivity index (χ1v) is 10.5. The Morgan fingerprint density at radius 3 is 0.814 bits per heavy atom. The summed E-state index contributed by atoms with van der Waals surface area (Å²) >= 11 is -0.476. The van der Waals surface area contributed by atoms with Crippen LogP contribution in [-0.2, 0) is 4.79 Å². The molecule has 0 saturated carbocycles. The third-order valence-electron chi connectivity index (χ3n) is 5.09. The molecule has 258 valence electrons. The highest BCUT2D eigenvalue weighted by atomic mass is 32.2. The van der Waals surface area contributed by atoms with E-state index in [1.165, 1.54) is 0 Å². The largest absolute Gasteiger partial charge is 0.460 e. The Morgan fingerprint density at radius 1 is 0.395 bits per heavy atom. The van der Waals surface area contributed by atoms with Crippen molar-refractivity contribution in [2.75, 3.05) is 5.75 Å². The molecule has 1 nitrogen and oxygen atoms in total. The molecule has 0 aliphatic carbocycles. The van der Waals surface area contributed by atoms with Gasteiger partial charge in [-0.2, -0.15) is 110 Å². The number of thioether (sulfide) groups is 1. The van der Waals surface area contributed by atoms with E-state index in [9.17, 15) is 115 Å². The van der Waals surface area contributed by atoms with Crippen LogP contribution < -0.4 is 0 Å². The van der Waals surface area contributed by atoms with Crippen LogP contribution in [0.3, 0.4) is 0 Å². The maximum absolute atomic E-state index is 13.7. The number of carbonyl (C=O) groups is 1. The topological polar surface area (TPSA) is 17.1 Å². The first-order valence-electron chi connectivity index (χ1n) is 9.53. The van der Waals surface area contributed by atoms with Crippen molar-refractivity contribution in [3.63, 3.8) is 0 Å². The molecule has 0 N–H and O–H groups in total. The van der Waals surface area contributed by atoms with Crippen LogP contribution in [0.5, 0.6) is 0 Å². The second kappa shape index (κ2) is 10.7. The van der Waals surface area contributed by atoms with Gasteiger partial charge in [0, 0.05) is 19.1 Å². The summed E-state index contributed by atoms with van der Waals surface area (Å²) in [4.78, 5) is 10.5. The van der Waals surface area contributed by atoms with E-state index in [4.69, 9.17) is 0 Å². The summed E-state index contributed by atoms with van der Waals surface area (Å²) in [6, 6.07) is 0. The van der Waals surface area contributed by atoms with Crippen molar-refractivity contribution in [3.05, 3.63) is 0 Å². The summed E-state index contributed by atoms with van der Waals surface area (Å²) in [5, 5.41) is -1.29. The Labute approximate surface area is 223 Å². The minimum Gasteiger partial charge on any atom is -0.288 e. The molecule has 0 aromatic carbocycles. The Balaban J connectivity index is 7.18. The van der Waals surface area contributed by atoms with Gasteiger partial charge in [0.15, 0.2) is 5.12 Å². The van der Waals surface area contributed by atoms with Crippen LogP contribution in [-0.4, -0.2) is 82.2 Å². The van der Waals surface area contributed by atoms with Gasteiger partial charge in [-0.05, 0) is 0 Å². The average molecular weight is 722 g/mol. The molecule has 0 spiro atoms. The van der Waals surface area contributed by atoms with E-state index in [0.29, 0.717) is 6.92 Å². The third kappa shape index (κ3) is 5.42. The molecule has 27 heteroatoms. The molecule has 0 aromatic rings. The normalized spacial score (nSPS) is 16.5. The molecular weight excluding hydrogens is 715 g/mol. The number of carbonyl (C=O) groups excluding carboxylic acids is 1. The van der Waals surface area contributed by atoms with Crippen LogP contribution in [0, 0.1) is 0 Å². The molecule has 0 aromatic heterocycles. The molecule has 43 heavy (non-hydrogen) atoms. The Bertz CT molecular complexity index is 1020. The van der Waals surface area contributed by atoms with E-state index in [1.54, 1.807) is 0 Å². The molecule has 0 saturated heterocycles. The smallest absolute Gasteiger partial charge is 0.288 e. The minimum atomic E-state index is -9.60. The highest BCUT2D eigenvalue weighted by molar-refractivity contribution is 8.13. The number of hydrogen-bond acceptors (Lipinski definition) is 2. The van der Waals surface area contributed by atoms with E-state index in [2.05, 4.69) is 0 Å². The monoisotopic (exact) mass is 722 g/mol. The van der Waals surface area contributed by atoms with Crippen molar-refractivity contribution >= 4 is 16.9 Å². The van der Waals surface area contributed by atoms with Crippen LogP contribution in [0.15, 0.2) is 0 Å². The molecule has 0 rings (SSSR count). The number of hydrogen-bond donors (Lipinski definition) is 0. The summed E-state index contributed by atoms with van der Waals surface area (Å²) in [5.41, 5.74) is 0. The van der Waals surface area contributed by atoms with Crippen LogP contribution in [0.2, 0.25) is 0 Å². The van der Waals surface area contributed by atoms with Crippen LogP contribution in [0.4, 0.5) is 110 Å². The van der Waals surface area contributed by atoms with E-state index >= 15 is 0 Å². The molecule has 0 aliphatic rings. The maximum atomic E-state index is 13.7. The quantitative estimate of drug-likeness (QED) is 0.177. The predicted molar refractivity (Wildman–Crippen MR) is 88.2 cm³/mol. The standard InChI is InChI=1S/C16H7F25OS/c1-4(42)43-3-2-5(17,18)6(19,20)7(21,22)8(23,24)9(25,26)10(27,28)11(29,30)12(31,32)13(33,34)14(35,36)15(37,38)16(39,40)41/h2-3H2,1H3. The summed E-state index contributed by atoms with van der Waals surface area (Å²) < 4.78 is 332. The molecule has 0 bridgehead atoms. The zero-order valence-corrected chi connectivity index (χ0v) is 20.0. The number of alkyl halides is 25. The fourth-order valence-corrected chi connectivity index (χ4v) is 3.11. The van der Waals surface area contributed by atoms with Crippen molar-refractivity contribution in [3.8, 4) is 0 Å². The van der Waals surface area contributed by atoms with Gasteiger partial charge >= 0.3 is 71.3 Å².